The molecule has 3 heterocycles. The Hall–Kier alpha value is -4.17. The smallest absolute Gasteiger partial charge is 0.337 e. The van der Waals surface area contributed by atoms with Gasteiger partial charge in [0.25, 0.3) is 0 Å². The zero-order valence-electron chi connectivity index (χ0n) is 19.3. The topological polar surface area (TPSA) is 68.6 Å². The number of nitrogens with one attached hydrogen (secondary N) is 1. The Bertz CT molecular complexity index is 1350. The van der Waals surface area contributed by atoms with Crippen LogP contribution in [0.4, 0.5) is 5.69 Å². The van der Waals surface area contributed by atoms with Crippen molar-refractivity contribution in [1.82, 2.24) is 14.9 Å². The Kier molecular flexibility index (Phi) is 6.20. The normalized spacial score (nSPS) is 17.2. The van der Waals surface area contributed by atoms with E-state index >= 15 is 0 Å². The standard InChI is InChI=1S/C27H24N4O3S/c1-33-23-11-4-3-9-21(23)31-25(24(29-27(31)35)20-8-5-6-16-28-20)22-10-7-17-30(22)19-14-12-18(13-15-19)26(32)34-2/h3-17,24-25H,1-2H3,(H,29,35). The molecule has 176 valence electrons. The molecule has 1 N–H and O–H groups in total. The number of hydrogen-bond acceptors (Lipinski definition) is 5. The van der Waals surface area contributed by atoms with Crippen LogP contribution in [0.3, 0.4) is 0 Å². The highest BCUT2D eigenvalue weighted by atomic mass is 32.1. The van der Waals surface area contributed by atoms with E-state index in [4.69, 9.17) is 21.7 Å². The third-order valence-electron chi connectivity index (χ3n) is 6.09. The molecule has 0 spiro atoms. The summed E-state index contributed by atoms with van der Waals surface area (Å²) in [4.78, 5) is 18.6. The summed E-state index contributed by atoms with van der Waals surface area (Å²) < 4.78 is 12.6. The molecule has 1 aliphatic heterocycles. The first kappa shape index (κ1) is 22.6. The number of nitrogens with zero attached hydrogens (tertiary/aromatic N) is 3. The van der Waals surface area contributed by atoms with Gasteiger partial charge in [-0.25, -0.2) is 4.79 Å². The second-order valence-electron chi connectivity index (χ2n) is 8.01. The minimum Gasteiger partial charge on any atom is -0.495 e. The van der Waals surface area contributed by atoms with Crippen molar-refractivity contribution in [2.45, 2.75) is 12.1 Å². The summed E-state index contributed by atoms with van der Waals surface area (Å²) in [5.74, 6) is 0.357. The van der Waals surface area contributed by atoms with Gasteiger partial charge in [-0.3, -0.25) is 4.98 Å². The highest BCUT2D eigenvalue weighted by Gasteiger charge is 2.43. The van der Waals surface area contributed by atoms with E-state index in [1.807, 2.05) is 66.9 Å². The van der Waals surface area contributed by atoms with Gasteiger partial charge in [0.1, 0.15) is 11.8 Å². The van der Waals surface area contributed by atoms with Crippen molar-refractivity contribution in [2.75, 3.05) is 19.1 Å². The van der Waals surface area contributed by atoms with Crippen LogP contribution in [0.25, 0.3) is 5.69 Å². The van der Waals surface area contributed by atoms with Crippen molar-refractivity contribution in [3.8, 4) is 11.4 Å². The van der Waals surface area contributed by atoms with Crippen molar-refractivity contribution in [3.05, 3.63) is 108 Å². The zero-order valence-corrected chi connectivity index (χ0v) is 20.1. The molecule has 7 nitrogen and oxygen atoms in total. The second-order valence-corrected chi connectivity index (χ2v) is 8.40. The van der Waals surface area contributed by atoms with E-state index in [9.17, 15) is 4.79 Å². The predicted molar refractivity (Wildman–Crippen MR) is 138 cm³/mol. The number of rotatable bonds is 6. The summed E-state index contributed by atoms with van der Waals surface area (Å²) in [7, 11) is 3.03. The van der Waals surface area contributed by atoms with Crippen LogP contribution < -0.4 is 15.0 Å². The zero-order chi connectivity index (χ0) is 24.4. The van der Waals surface area contributed by atoms with E-state index in [2.05, 4.69) is 25.8 Å². The average Bonchev–Trinajstić information content (AvgIpc) is 3.53. The van der Waals surface area contributed by atoms with Gasteiger partial charge in [0.05, 0.1) is 37.2 Å². The number of esters is 1. The van der Waals surface area contributed by atoms with E-state index in [1.165, 1.54) is 7.11 Å². The van der Waals surface area contributed by atoms with Crippen molar-refractivity contribution in [2.24, 2.45) is 0 Å². The summed E-state index contributed by atoms with van der Waals surface area (Å²) in [6.45, 7) is 0. The van der Waals surface area contributed by atoms with Crippen LogP contribution in [0.5, 0.6) is 5.75 Å². The summed E-state index contributed by atoms with van der Waals surface area (Å²) in [5.41, 5.74) is 4.16. The molecule has 2 atom stereocenters. The number of pyridine rings is 1. The van der Waals surface area contributed by atoms with Crippen molar-refractivity contribution >= 4 is 29.0 Å². The molecule has 0 saturated carbocycles. The fourth-order valence-corrected chi connectivity index (χ4v) is 4.83. The first-order valence-electron chi connectivity index (χ1n) is 11.1. The monoisotopic (exact) mass is 484 g/mol. The molecule has 2 unspecified atom stereocenters. The lowest BCUT2D eigenvalue weighted by Crippen LogP contribution is -2.30. The maximum absolute atomic E-state index is 11.9. The van der Waals surface area contributed by atoms with Crippen LogP contribution in [0.1, 0.15) is 33.8 Å². The highest BCUT2D eigenvalue weighted by molar-refractivity contribution is 7.80. The van der Waals surface area contributed by atoms with E-state index < -0.39 is 0 Å². The van der Waals surface area contributed by atoms with E-state index in [0.717, 1.165) is 28.5 Å². The number of methoxy groups -OCH3 is 2. The first-order chi connectivity index (χ1) is 17.1. The largest absolute Gasteiger partial charge is 0.495 e. The molecule has 5 rings (SSSR count). The van der Waals surface area contributed by atoms with Crippen LogP contribution in [0.15, 0.2) is 91.3 Å². The molecule has 2 aromatic heterocycles. The lowest BCUT2D eigenvalue weighted by molar-refractivity contribution is 0.0600. The molecule has 35 heavy (non-hydrogen) atoms. The molecule has 1 saturated heterocycles. The Morgan fingerprint density at radius 1 is 0.971 bits per heavy atom. The van der Waals surface area contributed by atoms with Crippen LogP contribution >= 0.6 is 12.2 Å². The highest BCUT2D eigenvalue weighted by Crippen LogP contribution is 2.44. The molecule has 0 amide bonds. The number of para-hydroxylation sites is 2. The number of hydrogen-bond donors (Lipinski definition) is 1. The SMILES string of the molecule is COC(=O)c1ccc(-n2cccc2C2C(c3ccccn3)NC(=S)N2c2ccccc2OC)cc1. The lowest BCUT2D eigenvalue weighted by atomic mass is 10.0. The van der Waals surface area contributed by atoms with Crippen LogP contribution in [0.2, 0.25) is 0 Å². The number of thiocarbonyl (C=S) groups is 1. The van der Waals surface area contributed by atoms with E-state index in [0.29, 0.717) is 10.7 Å². The van der Waals surface area contributed by atoms with Crippen molar-refractivity contribution in [3.63, 3.8) is 0 Å². The fourth-order valence-electron chi connectivity index (χ4n) is 4.49. The summed E-state index contributed by atoms with van der Waals surface area (Å²) in [5, 5.41) is 4.07. The lowest BCUT2D eigenvalue weighted by Gasteiger charge is -2.30. The number of carbonyl (C=O) groups excluding carboxylic acids is 1. The molecule has 2 aromatic carbocycles. The molecule has 0 aliphatic carbocycles. The fraction of sp³-hybridized carbons (Fsp3) is 0.148. The van der Waals surface area contributed by atoms with Gasteiger partial charge in [-0.2, -0.15) is 0 Å². The van der Waals surface area contributed by atoms with Gasteiger partial charge >= 0.3 is 5.97 Å². The second kappa shape index (κ2) is 9.60. The van der Waals surface area contributed by atoms with Crippen LogP contribution in [-0.2, 0) is 4.74 Å². The van der Waals surface area contributed by atoms with Crippen LogP contribution in [0, 0.1) is 0 Å². The number of anilines is 1. The van der Waals surface area contributed by atoms with Crippen molar-refractivity contribution < 1.29 is 14.3 Å². The van der Waals surface area contributed by atoms with Gasteiger partial charge in [0.15, 0.2) is 5.11 Å². The maximum Gasteiger partial charge on any atom is 0.337 e. The van der Waals surface area contributed by atoms with E-state index in [1.54, 1.807) is 25.4 Å². The van der Waals surface area contributed by atoms with Crippen LogP contribution in [-0.4, -0.2) is 34.9 Å². The summed E-state index contributed by atoms with van der Waals surface area (Å²) in [6, 6.07) is 24.7. The van der Waals surface area contributed by atoms with Gasteiger partial charge in [0.2, 0.25) is 0 Å². The summed E-state index contributed by atoms with van der Waals surface area (Å²) >= 11 is 5.85. The Balaban J connectivity index is 1.64. The molecular formula is C27H24N4O3S. The predicted octanol–water partition coefficient (Wildman–Crippen LogP) is 4.84. The van der Waals surface area contributed by atoms with Gasteiger partial charge in [-0.1, -0.05) is 18.2 Å². The molecule has 1 aliphatic rings. The molecule has 4 aromatic rings. The minimum absolute atomic E-state index is 0.198. The third-order valence-corrected chi connectivity index (χ3v) is 6.41. The molecule has 8 heteroatoms. The quantitative estimate of drug-likeness (QED) is 0.310. The molecule has 0 radical (unpaired) electrons. The van der Waals surface area contributed by atoms with Gasteiger partial charge in [-0.15, -0.1) is 0 Å². The molecule has 0 bridgehead atoms. The number of aromatic nitrogens is 2. The van der Waals surface area contributed by atoms with Gasteiger partial charge in [-0.05, 0) is 72.9 Å². The number of benzene rings is 2. The van der Waals surface area contributed by atoms with E-state index in [-0.39, 0.29) is 18.1 Å². The number of carbonyl (C=O) groups is 1. The average molecular weight is 485 g/mol. The Morgan fingerprint density at radius 2 is 1.74 bits per heavy atom. The molecular weight excluding hydrogens is 460 g/mol. The summed E-state index contributed by atoms with van der Waals surface area (Å²) in [6.07, 6.45) is 3.78. The Morgan fingerprint density at radius 3 is 2.46 bits per heavy atom. The first-order valence-corrected chi connectivity index (χ1v) is 11.5. The maximum atomic E-state index is 11.9. The molecule has 1 fully saturated rings. The minimum atomic E-state index is -0.368. The van der Waals surface area contributed by atoms with Crippen molar-refractivity contribution in [1.29, 1.82) is 0 Å². The van der Waals surface area contributed by atoms with Gasteiger partial charge < -0.3 is 24.3 Å². The third kappa shape index (κ3) is 4.13. The van der Waals surface area contributed by atoms with Gasteiger partial charge in [0, 0.05) is 23.8 Å². The Labute approximate surface area is 208 Å². The number of ether oxygens (including phenoxy) is 2.